The van der Waals surface area contributed by atoms with E-state index in [2.05, 4.69) is 11.1 Å². The standard InChI is InChI=1S/C11H9BN2O/c12-7-1-2-10(14-3-7)11(6-13)8-4-15-5-9(8)11/h1-3,8-9H,4-5H2. The van der Waals surface area contributed by atoms with Crippen LogP contribution in [-0.4, -0.2) is 26.0 Å². The van der Waals surface area contributed by atoms with Crippen molar-refractivity contribution in [2.24, 2.45) is 11.8 Å². The Hall–Kier alpha value is -1.34. The van der Waals surface area contributed by atoms with Gasteiger partial charge in [0.05, 0.1) is 25.0 Å². The molecule has 1 aromatic rings. The molecule has 1 aromatic heterocycles. The molecule has 0 spiro atoms. The van der Waals surface area contributed by atoms with Gasteiger partial charge < -0.3 is 4.74 Å². The van der Waals surface area contributed by atoms with Crippen LogP contribution < -0.4 is 5.46 Å². The third-order valence-electron chi connectivity index (χ3n) is 3.54. The predicted molar refractivity (Wildman–Crippen MR) is 54.7 cm³/mol. The van der Waals surface area contributed by atoms with Crippen molar-refractivity contribution in [3.05, 3.63) is 24.0 Å². The molecule has 2 unspecified atom stereocenters. The van der Waals surface area contributed by atoms with E-state index in [1.54, 1.807) is 12.3 Å². The lowest BCUT2D eigenvalue weighted by Crippen LogP contribution is -2.19. The molecule has 2 aliphatic rings. The van der Waals surface area contributed by atoms with Crippen molar-refractivity contribution >= 4 is 13.3 Å². The quantitative estimate of drug-likeness (QED) is 0.589. The zero-order chi connectivity index (χ0) is 10.5. The summed E-state index contributed by atoms with van der Waals surface area (Å²) in [6.45, 7) is 1.37. The van der Waals surface area contributed by atoms with Gasteiger partial charge in [0.15, 0.2) is 0 Å². The first-order valence-electron chi connectivity index (χ1n) is 5.00. The molecule has 72 valence electrons. The fourth-order valence-electron chi connectivity index (χ4n) is 2.61. The zero-order valence-electron chi connectivity index (χ0n) is 8.18. The Bertz CT molecular complexity index is 427. The Balaban J connectivity index is 2.00. The van der Waals surface area contributed by atoms with E-state index in [0.29, 0.717) is 30.5 Å². The molecule has 2 radical (unpaired) electrons. The molecule has 1 saturated carbocycles. The van der Waals surface area contributed by atoms with Crippen molar-refractivity contribution in [3.8, 4) is 6.07 Å². The van der Waals surface area contributed by atoms with Crippen LogP contribution in [0.5, 0.6) is 0 Å². The first-order chi connectivity index (χ1) is 7.29. The van der Waals surface area contributed by atoms with Crippen LogP contribution in [0.15, 0.2) is 18.3 Å². The SMILES string of the molecule is [B]c1ccc(C2(C#N)C3COCC32)nc1. The molecule has 0 N–H and O–H groups in total. The minimum atomic E-state index is -0.397. The smallest absolute Gasteiger partial charge is 0.115 e. The van der Waals surface area contributed by atoms with Crippen molar-refractivity contribution in [2.75, 3.05) is 13.2 Å². The lowest BCUT2D eigenvalue weighted by atomic mass is 9.94. The predicted octanol–water partition coefficient (Wildman–Crippen LogP) is -0.0870. The van der Waals surface area contributed by atoms with E-state index in [9.17, 15) is 5.26 Å². The second-order valence-corrected chi connectivity index (χ2v) is 4.21. The normalized spacial score (nSPS) is 37.0. The number of ether oxygens (including phenoxy) is 1. The van der Waals surface area contributed by atoms with Gasteiger partial charge in [0, 0.05) is 18.0 Å². The van der Waals surface area contributed by atoms with Crippen LogP contribution in [0, 0.1) is 23.2 Å². The fourth-order valence-corrected chi connectivity index (χ4v) is 2.61. The highest BCUT2D eigenvalue weighted by atomic mass is 16.5. The number of hydrogen-bond acceptors (Lipinski definition) is 3. The van der Waals surface area contributed by atoms with Gasteiger partial charge in [0.25, 0.3) is 0 Å². The minimum Gasteiger partial charge on any atom is -0.381 e. The number of nitriles is 1. The van der Waals surface area contributed by atoms with E-state index in [-0.39, 0.29) is 0 Å². The Labute approximate surface area is 89.5 Å². The second-order valence-electron chi connectivity index (χ2n) is 4.21. The van der Waals surface area contributed by atoms with Gasteiger partial charge in [-0.1, -0.05) is 11.5 Å². The highest BCUT2D eigenvalue weighted by Crippen LogP contribution is 2.61. The topological polar surface area (TPSA) is 45.9 Å². The van der Waals surface area contributed by atoms with Crippen molar-refractivity contribution in [1.82, 2.24) is 4.98 Å². The van der Waals surface area contributed by atoms with Crippen LogP contribution >= 0.6 is 0 Å². The number of rotatable bonds is 1. The Morgan fingerprint density at radius 2 is 2.20 bits per heavy atom. The molecule has 0 aromatic carbocycles. The van der Waals surface area contributed by atoms with Gasteiger partial charge in [-0.3, -0.25) is 4.98 Å². The van der Waals surface area contributed by atoms with E-state index < -0.39 is 5.41 Å². The van der Waals surface area contributed by atoms with Crippen LogP contribution in [0.3, 0.4) is 0 Å². The van der Waals surface area contributed by atoms with Crippen LogP contribution in [0.1, 0.15) is 5.69 Å². The number of hydrogen-bond donors (Lipinski definition) is 0. The van der Waals surface area contributed by atoms with E-state index in [4.69, 9.17) is 12.6 Å². The zero-order valence-corrected chi connectivity index (χ0v) is 8.18. The summed E-state index contributed by atoms with van der Waals surface area (Å²) in [5.41, 5.74) is 1.08. The summed E-state index contributed by atoms with van der Waals surface area (Å²) in [5.74, 6) is 0.664. The largest absolute Gasteiger partial charge is 0.381 e. The van der Waals surface area contributed by atoms with Gasteiger partial charge in [-0.25, -0.2) is 0 Å². The molecule has 2 atom stereocenters. The summed E-state index contributed by atoms with van der Waals surface area (Å²) in [7, 11) is 5.58. The molecular weight excluding hydrogens is 187 g/mol. The van der Waals surface area contributed by atoms with E-state index in [0.717, 1.165) is 5.69 Å². The molecule has 3 nitrogen and oxygen atoms in total. The Morgan fingerprint density at radius 1 is 1.47 bits per heavy atom. The van der Waals surface area contributed by atoms with Gasteiger partial charge in [-0.15, -0.1) is 0 Å². The van der Waals surface area contributed by atoms with E-state index in [1.807, 2.05) is 6.07 Å². The number of nitrogens with zero attached hydrogens (tertiary/aromatic N) is 2. The third kappa shape index (κ3) is 1.02. The maximum Gasteiger partial charge on any atom is 0.115 e. The molecule has 1 saturated heterocycles. The number of pyridine rings is 1. The van der Waals surface area contributed by atoms with Crippen molar-refractivity contribution < 1.29 is 4.74 Å². The van der Waals surface area contributed by atoms with E-state index in [1.165, 1.54) is 0 Å². The number of fused-ring (bicyclic) bond motifs is 1. The number of aromatic nitrogens is 1. The minimum absolute atomic E-state index is 0.332. The van der Waals surface area contributed by atoms with Crippen LogP contribution in [0.25, 0.3) is 0 Å². The first kappa shape index (κ1) is 8.93. The molecule has 2 heterocycles. The van der Waals surface area contributed by atoms with Crippen molar-refractivity contribution in [1.29, 1.82) is 5.26 Å². The average molecular weight is 196 g/mol. The summed E-state index contributed by atoms with van der Waals surface area (Å²) >= 11 is 0. The third-order valence-corrected chi connectivity index (χ3v) is 3.54. The van der Waals surface area contributed by atoms with Crippen molar-refractivity contribution in [2.45, 2.75) is 5.41 Å². The summed E-state index contributed by atoms with van der Waals surface area (Å²) in [4.78, 5) is 4.26. The molecule has 0 bridgehead atoms. The summed E-state index contributed by atoms with van der Waals surface area (Å²) in [6, 6.07) is 6.07. The Morgan fingerprint density at radius 3 is 2.73 bits per heavy atom. The van der Waals surface area contributed by atoms with Crippen molar-refractivity contribution in [3.63, 3.8) is 0 Å². The second kappa shape index (κ2) is 2.83. The summed E-state index contributed by atoms with van der Waals surface area (Å²) in [6.07, 6.45) is 1.61. The van der Waals surface area contributed by atoms with Crippen LogP contribution in [-0.2, 0) is 10.2 Å². The van der Waals surface area contributed by atoms with Gasteiger partial charge in [-0.05, 0) is 6.07 Å². The fraction of sp³-hybridized carbons (Fsp3) is 0.455. The summed E-state index contributed by atoms with van der Waals surface area (Å²) < 4.78 is 5.31. The monoisotopic (exact) mass is 196 g/mol. The molecule has 3 rings (SSSR count). The van der Waals surface area contributed by atoms with Gasteiger partial charge in [0.1, 0.15) is 13.3 Å². The van der Waals surface area contributed by atoms with E-state index >= 15 is 0 Å². The molecule has 1 aliphatic heterocycles. The maximum absolute atomic E-state index is 9.31. The molecular formula is C11H9BN2O. The van der Waals surface area contributed by atoms with Gasteiger partial charge in [0.2, 0.25) is 0 Å². The maximum atomic E-state index is 9.31. The van der Waals surface area contributed by atoms with Crippen LogP contribution in [0.4, 0.5) is 0 Å². The average Bonchev–Trinajstić information content (AvgIpc) is 2.65. The molecule has 4 heteroatoms. The lowest BCUT2D eigenvalue weighted by Gasteiger charge is -2.12. The van der Waals surface area contributed by atoms with Crippen LogP contribution in [0.2, 0.25) is 0 Å². The summed E-state index contributed by atoms with van der Waals surface area (Å²) in [5, 5.41) is 9.31. The molecule has 2 fully saturated rings. The molecule has 15 heavy (non-hydrogen) atoms. The highest BCUT2D eigenvalue weighted by Gasteiger charge is 2.70. The lowest BCUT2D eigenvalue weighted by molar-refractivity contribution is 0.151. The van der Waals surface area contributed by atoms with Gasteiger partial charge >= 0.3 is 0 Å². The molecule has 1 aliphatic carbocycles. The first-order valence-corrected chi connectivity index (χ1v) is 5.00. The van der Waals surface area contributed by atoms with Gasteiger partial charge in [-0.2, -0.15) is 5.26 Å². The highest BCUT2D eigenvalue weighted by molar-refractivity contribution is 6.32. The molecule has 0 amide bonds. The Kier molecular flexibility index (Phi) is 1.69.